The molecule has 1 aromatic rings. The molecule has 0 spiro atoms. The van der Waals surface area contributed by atoms with E-state index in [2.05, 4.69) is 0 Å². The standard InChI is InChI=1S/C16H19Cl2NO2/c1-11(20)10-12-6-3-2-4-9-19(12)16(21)15-13(17)7-5-8-14(15)18/h5,7-8,12H,2-4,6,9-10H2,1H3. The number of ketones is 1. The fourth-order valence-corrected chi connectivity index (χ4v) is 3.39. The number of nitrogens with zero attached hydrogens (tertiary/aromatic N) is 1. The molecule has 1 heterocycles. The van der Waals surface area contributed by atoms with E-state index in [-0.39, 0.29) is 17.7 Å². The summed E-state index contributed by atoms with van der Waals surface area (Å²) in [5.74, 6) is -0.0660. The zero-order valence-corrected chi connectivity index (χ0v) is 13.6. The molecule has 1 fully saturated rings. The number of rotatable bonds is 3. The summed E-state index contributed by atoms with van der Waals surface area (Å²) in [4.78, 5) is 26.1. The normalized spacial score (nSPS) is 19.2. The van der Waals surface area contributed by atoms with Gasteiger partial charge in [0, 0.05) is 19.0 Å². The Kier molecular flexibility index (Phi) is 5.65. The Hall–Kier alpha value is -1.06. The highest BCUT2D eigenvalue weighted by Crippen LogP contribution is 2.29. The van der Waals surface area contributed by atoms with Crippen molar-refractivity contribution in [1.82, 2.24) is 4.90 Å². The van der Waals surface area contributed by atoms with Crippen molar-refractivity contribution in [3.05, 3.63) is 33.8 Å². The molecule has 5 heteroatoms. The summed E-state index contributed by atoms with van der Waals surface area (Å²) in [6.45, 7) is 2.22. The minimum absolute atomic E-state index is 0.0511. The van der Waals surface area contributed by atoms with Gasteiger partial charge in [-0.15, -0.1) is 0 Å². The summed E-state index contributed by atoms with van der Waals surface area (Å²) in [5, 5.41) is 0.719. The van der Waals surface area contributed by atoms with E-state index in [1.807, 2.05) is 0 Å². The zero-order valence-electron chi connectivity index (χ0n) is 12.1. The zero-order chi connectivity index (χ0) is 15.4. The molecule has 1 atom stereocenters. The van der Waals surface area contributed by atoms with Crippen LogP contribution in [-0.4, -0.2) is 29.2 Å². The van der Waals surface area contributed by atoms with Crippen molar-refractivity contribution in [1.29, 1.82) is 0 Å². The number of hydrogen-bond donors (Lipinski definition) is 0. The first-order valence-electron chi connectivity index (χ1n) is 7.25. The van der Waals surface area contributed by atoms with E-state index in [0.717, 1.165) is 25.7 Å². The Morgan fingerprint density at radius 1 is 1.19 bits per heavy atom. The van der Waals surface area contributed by atoms with Gasteiger partial charge in [0.15, 0.2) is 0 Å². The molecule has 3 nitrogen and oxygen atoms in total. The molecular formula is C16H19Cl2NO2. The second kappa shape index (κ2) is 7.28. The van der Waals surface area contributed by atoms with Gasteiger partial charge >= 0.3 is 0 Å². The van der Waals surface area contributed by atoms with Crippen LogP contribution in [0.15, 0.2) is 18.2 Å². The number of hydrogen-bond acceptors (Lipinski definition) is 2. The van der Waals surface area contributed by atoms with Gasteiger partial charge in [0.1, 0.15) is 5.78 Å². The third-order valence-electron chi connectivity index (χ3n) is 3.84. The van der Waals surface area contributed by atoms with Crippen LogP contribution in [0.4, 0.5) is 0 Å². The van der Waals surface area contributed by atoms with Crippen LogP contribution in [0.25, 0.3) is 0 Å². The van der Waals surface area contributed by atoms with E-state index in [0.29, 0.717) is 28.6 Å². The Morgan fingerprint density at radius 2 is 1.86 bits per heavy atom. The van der Waals surface area contributed by atoms with Crippen molar-refractivity contribution in [3.8, 4) is 0 Å². The average Bonchev–Trinajstić information content (AvgIpc) is 2.63. The van der Waals surface area contributed by atoms with E-state index in [1.54, 1.807) is 30.0 Å². The van der Waals surface area contributed by atoms with Gasteiger partial charge in [-0.25, -0.2) is 0 Å². The van der Waals surface area contributed by atoms with Crippen molar-refractivity contribution >= 4 is 34.9 Å². The van der Waals surface area contributed by atoms with Gasteiger partial charge in [-0.2, -0.15) is 0 Å². The SMILES string of the molecule is CC(=O)CC1CCCCCN1C(=O)c1c(Cl)cccc1Cl. The number of amides is 1. The van der Waals surface area contributed by atoms with E-state index in [4.69, 9.17) is 23.2 Å². The lowest BCUT2D eigenvalue weighted by molar-refractivity contribution is -0.118. The van der Waals surface area contributed by atoms with Gasteiger partial charge in [0.2, 0.25) is 0 Å². The first-order chi connectivity index (χ1) is 10.0. The second-order valence-corrected chi connectivity index (χ2v) is 6.32. The molecule has 0 bridgehead atoms. The smallest absolute Gasteiger partial charge is 0.257 e. The summed E-state index contributed by atoms with van der Waals surface area (Å²) < 4.78 is 0. The lowest BCUT2D eigenvalue weighted by Crippen LogP contribution is -2.41. The monoisotopic (exact) mass is 327 g/mol. The average molecular weight is 328 g/mol. The molecule has 0 radical (unpaired) electrons. The van der Waals surface area contributed by atoms with E-state index in [9.17, 15) is 9.59 Å². The first kappa shape index (κ1) is 16.3. The summed E-state index contributed by atoms with van der Waals surface area (Å²) in [6.07, 6.45) is 4.32. The maximum absolute atomic E-state index is 12.8. The lowest BCUT2D eigenvalue weighted by Gasteiger charge is -2.30. The predicted molar refractivity (Wildman–Crippen MR) is 85.1 cm³/mol. The van der Waals surface area contributed by atoms with Crippen LogP contribution in [0.2, 0.25) is 10.0 Å². The van der Waals surface area contributed by atoms with Crippen LogP contribution in [0.1, 0.15) is 49.4 Å². The van der Waals surface area contributed by atoms with Crippen molar-refractivity contribution in [2.45, 2.75) is 45.1 Å². The molecule has 1 saturated heterocycles. The maximum atomic E-state index is 12.8. The first-order valence-corrected chi connectivity index (χ1v) is 8.00. The molecule has 1 aliphatic heterocycles. The number of benzene rings is 1. The second-order valence-electron chi connectivity index (χ2n) is 5.50. The Morgan fingerprint density at radius 3 is 2.48 bits per heavy atom. The maximum Gasteiger partial charge on any atom is 0.257 e. The highest BCUT2D eigenvalue weighted by Gasteiger charge is 2.29. The molecule has 1 unspecified atom stereocenters. The number of Topliss-reactive ketones (excluding diaryl/α,β-unsaturated/α-hetero) is 1. The molecule has 21 heavy (non-hydrogen) atoms. The van der Waals surface area contributed by atoms with E-state index >= 15 is 0 Å². The van der Waals surface area contributed by atoms with Crippen molar-refractivity contribution in [3.63, 3.8) is 0 Å². The third kappa shape index (κ3) is 3.98. The Labute approximate surface area is 135 Å². The third-order valence-corrected chi connectivity index (χ3v) is 4.47. The molecule has 114 valence electrons. The van der Waals surface area contributed by atoms with Crippen molar-refractivity contribution in [2.24, 2.45) is 0 Å². The molecule has 0 aliphatic carbocycles. The molecule has 1 aliphatic rings. The van der Waals surface area contributed by atoms with Crippen LogP contribution in [0.5, 0.6) is 0 Å². The van der Waals surface area contributed by atoms with Crippen LogP contribution < -0.4 is 0 Å². The molecule has 0 saturated carbocycles. The number of carbonyl (C=O) groups is 2. The topological polar surface area (TPSA) is 37.4 Å². The highest BCUT2D eigenvalue weighted by atomic mass is 35.5. The van der Waals surface area contributed by atoms with Gasteiger partial charge in [0.05, 0.1) is 15.6 Å². The van der Waals surface area contributed by atoms with E-state index in [1.165, 1.54) is 0 Å². The minimum atomic E-state index is -0.168. The summed E-state index contributed by atoms with van der Waals surface area (Å²) in [5.41, 5.74) is 0.344. The van der Waals surface area contributed by atoms with Crippen molar-refractivity contribution in [2.75, 3.05) is 6.54 Å². The van der Waals surface area contributed by atoms with Crippen LogP contribution in [0, 0.1) is 0 Å². The molecule has 0 aromatic heterocycles. The van der Waals surface area contributed by atoms with Gasteiger partial charge in [-0.1, -0.05) is 42.1 Å². The van der Waals surface area contributed by atoms with Gasteiger partial charge in [-0.3, -0.25) is 9.59 Å². The van der Waals surface area contributed by atoms with E-state index < -0.39 is 0 Å². The summed E-state index contributed by atoms with van der Waals surface area (Å²) in [6, 6.07) is 5.00. The largest absolute Gasteiger partial charge is 0.335 e. The molecular weight excluding hydrogens is 309 g/mol. The summed E-state index contributed by atoms with van der Waals surface area (Å²) in [7, 11) is 0. The summed E-state index contributed by atoms with van der Waals surface area (Å²) >= 11 is 12.3. The molecule has 1 amide bonds. The molecule has 0 N–H and O–H groups in total. The van der Waals surface area contributed by atoms with Gasteiger partial charge in [-0.05, 0) is 31.9 Å². The Balaban J connectivity index is 2.31. The number of halogens is 2. The number of likely N-dealkylation sites (tertiary alicyclic amines) is 1. The fraction of sp³-hybridized carbons (Fsp3) is 0.500. The minimum Gasteiger partial charge on any atom is -0.335 e. The molecule has 1 aromatic carbocycles. The predicted octanol–water partition coefficient (Wildman–Crippen LogP) is 4.36. The fourth-order valence-electron chi connectivity index (χ4n) is 2.83. The van der Waals surface area contributed by atoms with Gasteiger partial charge in [0.25, 0.3) is 5.91 Å². The number of carbonyl (C=O) groups excluding carboxylic acids is 2. The quantitative estimate of drug-likeness (QED) is 0.827. The Bertz CT molecular complexity index is 525. The highest BCUT2D eigenvalue weighted by molar-refractivity contribution is 6.39. The van der Waals surface area contributed by atoms with Crippen LogP contribution in [0.3, 0.4) is 0 Å². The molecule has 2 rings (SSSR count). The van der Waals surface area contributed by atoms with Crippen LogP contribution >= 0.6 is 23.2 Å². The lowest BCUT2D eigenvalue weighted by atomic mass is 10.0. The van der Waals surface area contributed by atoms with Crippen LogP contribution in [-0.2, 0) is 4.79 Å². The van der Waals surface area contributed by atoms with Gasteiger partial charge < -0.3 is 4.90 Å². The van der Waals surface area contributed by atoms with Crippen molar-refractivity contribution < 1.29 is 9.59 Å².